The Bertz CT molecular complexity index is 572. The van der Waals surface area contributed by atoms with Crippen molar-refractivity contribution in [2.75, 3.05) is 0 Å². The molecule has 0 amide bonds. The summed E-state index contributed by atoms with van der Waals surface area (Å²) in [7, 11) is 0. The highest BCUT2D eigenvalue weighted by Crippen LogP contribution is 2.40. The molecular formula is C12H7Br3F2S. The fraction of sp³-hybridized carbons (Fsp3) is 0.167. The van der Waals surface area contributed by atoms with Crippen molar-refractivity contribution in [3.63, 3.8) is 0 Å². The Hall–Kier alpha value is 0.220. The molecule has 1 atom stereocenters. The third-order valence-corrected chi connectivity index (χ3v) is 5.47. The number of benzene rings is 1. The molecule has 0 bridgehead atoms. The molecule has 0 aliphatic heterocycles. The van der Waals surface area contributed by atoms with Crippen LogP contribution in [0.2, 0.25) is 0 Å². The van der Waals surface area contributed by atoms with Gasteiger partial charge in [-0.2, -0.15) is 0 Å². The molecule has 0 nitrogen and oxygen atoms in total. The summed E-state index contributed by atoms with van der Waals surface area (Å²) < 4.78 is 29.1. The van der Waals surface area contributed by atoms with Gasteiger partial charge in [-0.05, 0) is 46.6 Å². The van der Waals surface area contributed by atoms with E-state index < -0.39 is 16.5 Å². The SMILES string of the molecule is Cc1sc(Br)cc1C(Br)c1c(F)cc(Br)cc1F. The van der Waals surface area contributed by atoms with E-state index in [0.29, 0.717) is 4.47 Å². The minimum atomic E-state index is -0.564. The zero-order valence-corrected chi connectivity index (χ0v) is 14.7. The highest BCUT2D eigenvalue weighted by atomic mass is 79.9. The Morgan fingerprint density at radius 2 is 1.67 bits per heavy atom. The number of alkyl halides is 1. The van der Waals surface area contributed by atoms with Crippen molar-refractivity contribution >= 4 is 59.1 Å². The molecule has 0 saturated heterocycles. The molecule has 0 aliphatic carbocycles. The van der Waals surface area contributed by atoms with Gasteiger partial charge in [0.15, 0.2) is 0 Å². The Morgan fingerprint density at radius 3 is 2.11 bits per heavy atom. The lowest BCUT2D eigenvalue weighted by atomic mass is 10.0. The molecule has 6 heteroatoms. The quantitative estimate of drug-likeness (QED) is 0.458. The molecule has 0 saturated carbocycles. The Morgan fingerprint density at radius 1 is 1.11 bits per heavy atom. The molecule has 1 aromatic heterocycles. The molecule has 2 aromatic rings. The number of hydrogen-bond donors (Lipinski definition) is 0. The first-order valence-corrected chi connectivity index (χ1v) is 8.26. The van der Waals surface area contributed by atoms with Crippen LogP contribution in [0.4, 0.5) is 8.78 Å². The lowest BCUT2D eigenvalue weighted by Crippen LogP contribution is -2.01. The maximum atomic E-state index is 13.9. The number of aryl methyl sites for hydroxylation is 1. The van der Waals surface area contributed by atoms with Crippen LogP contribution in [0.3, 0.4) is 0 Å². The number of hydrogen-bond acceptors (Lipinski definition) is 1. The van der Waals surface area contributed by atoms with Crippen LogP contribution in [0.15, 0.2) is 26.5 Å². The van der Waals surface area contributed by atoms with E-state index in [1.165, 1.54) is 23.5 Å². The monoisotopic (exact) mass is 458 g/mol. The first-order chi connectivity index (χ1) is 8.40. The van der Waals surface area contributed by atoms with Crippen molar-refractivity contribution in [3.8, 4) is 0 Å². The van der Waals surface area contributed by atoms with Crippen molar-refractivity contribution < 1.29 is 8.78 Å². The van der Waals surface area contributed by atoms with E-state index in [1.807, 2.05) is 13.0 Å². The summed E-state index contributed by atoms with van der Waals surface area (Å²) in [5.74, 6) is -1.13. The van der Waals surface area contributed by atoms with Crippen molar-refractivity contribution in [2.45, 2.75) is 11.8 Å². The lowest BCUT2D eigenvalue weighted by molar-refractivity contribution is 0.559. The highest BCUT2D eigenvalue weighted by molar-refractivity contribution is 9.11. The number of rotatable bonds is 2. The van der Waals surface area contributed by atoms with Gasteiger partial charge >= 0.3 is 0 Å². The minimum absolute atomic E-state index is 0.0339. The van der Waals surface area contributed by atoms with Gasteiger partial charge in [0.05, 0.1) is 8.61 Å². The summed E-state index contributed by atoms with van der Waals surface area (Å²) in [6.45, 7) is 1.92. The van der Waals surface area contributed by atoms with Crippen molar-refractivity contribution in [1.82, 2.24) is 0 Å². The number of thiophene rings is 1. The molecule has 0 fully saturated rings. The van der Waals surface area contributed by atoms with Crippen LogP contribution in [0.5, 0.6) is 0 Å². The molecule has 1 aromatic carbocycles. The average Bonchev–Trinajstić information content (AvgIpc) is 2.56. The van der Waals surface area contributed by atoms with Gasteiger partial charge in [0.25, 0.3) is 0 Å². The van der Waals surface area contributed by atoms with Crippen LogP contribution in [0.1, 0.15) is 20.8 Å². The smallest absolute Gasteiger partial charge is 0.131 e. The van der Waals surface area contributed by atoms with Crippen LogP contribution in [0.25, 0.3) is 0 Å². The van der Waals surface area contributed by atoms with Gasteiger partial charge in [0.1, 0.15) is 11.6 Å². The molecule has 1 unspecified atom stereocenters. The topological polar surface area (TPSA) is 0 Å². The molecule has 96 valence electrons. The second kappa shape index (κ2) is 5.69. The van der Waals surface area contributed by atoms with Crippen molar-refractivity contribution in [2.24, 2.45) is 0 Å². The normalized spacial score (nSPS) is 12.8. The van der Waals surface area contributed by atoms with Crippen LogP contribution in [-0.4, -0.2) is 0 Å². The van der Waals surface area contributed by atoms with Crippen LogP contribution in [0, 0.1) is 18.6 Å². The van der Waals surface area contributed by atoms with Gasteiger partial charge in [0.2, 0.25) is 0 Å². The minimum Gasteiger partial charge on any atom is -0.206 e. The summed E-state index contributed by atoms with van der Waals surface area (Å²) in [4.78, 5) is 0.526. The second-order valence-corrected chi connectivity index (χ2v) is 8.17. The third kappa shape index (κ3) is 2.86. The summed E-state index contributed by atoms with van der Waals surface area (Å²) in [6, 6.07) is 4.41. The first-order valence-electron chi connectivity index (χ1n) is 4.94. The maximum Gasteiger partial charge on any atom is 0.131 e. The van der Waals surface area contributed by atoms with E-state index in [-0.39, 0.29) is 5.56 Å². The Balaban J connectivity index is 2.52. The molecule has 1 heterocycles. The third-order valence-electron chi connectivity index (χ3n) is 2.50. The average molecular weight is 461 g/mol. The molecule has 2 rings (SSSR count). The van der Waals surface area contributed by atoms with E-state index >= 15 is 0 Å². The van der Waals surface area contributed by atoms with Gasteiger partial charge in [-0.25, -0.2) is 8.78 Å². The fourth-order valence-electron chi connectivity index (χ4n) is 1.66. The van der Waals surface area contributed by atoms with Gasteiger partial charge in [-0.1, -0.05) is 31.9 Å². The van der Waals surface area contributed by atoms with Gasteiger partial charge < -0.3 is 0 Å². The van der Waals surface area contributed by atoms with E-state index in [1.54, 1.807) is 0 Å². The fourth-order valence-corrected chi connectivity index (χ4v) is 4.88. The maximum absolute atomic E-state index is 13.9. The molecule has 0 N–H and O–H groups in total. The zero-order chi connectivity index (χ0) is 13.4. The predicted molar refractivity (Wildman–Crippen MR) is 81.6 cm³/mol. The van der Waals surface area contributed by atoms with Gasteiger partial charge in [-0.3, -0.25) is 0 Å². The van der Waals surface area contributed by atoms with Crippen molar-refractivity contribution in [3.05, 3.63) is 54.1 Å². The summed E-state index contributed by atoms with van der Waals surface area (Å²) >= 11 is 11.4. The molecule has 0 radical (unpaired) electrons. The van der Waals surface area contributed by atoms with E-state index in [4.69, 9.17) is 0 Å². The molecule has 18 heavy (non-hydrogen) atoms. The molecular weight excluding hydrogens is 454 g/mol. The molecule has 0 spiro atoms. The van der Waals surface area contributed by atoms with E-state index in [9.17, 15) is 8.78 Å². The Kier molecular flexibility index (Phi) is 4.62. The Labute approximate surface area is 133 Å². The van der Waals surface area contributed by atoms with Crippen LogP contribution in [-0.2, 0) is 0 Å². The standard InChI is InChI=1S/C12H7Br3F2S/c1-5-7(4-10(14)18-5)12(15)11-8(16)2-6(13)3-9(11)17/h2-4,12H,1H3. The van der Waals surface area contributed by atoms with E-state index in [2.05, 4.69) is 47.8 Å². The molecule has 0 aliphatic rings. The van der Waals surface area contributed by atoms with Crippen molar-refractivity contribution in [1.29, 1.82) is 0 Å². The lowest BCUT2D eigenvalue weighted by Gasteiger charge is -2.12. The van der Waals surface area contributed by atoms with E-state index in [0.717, 1.165) is 14.2 Å². The highest BCUT2D eigenvalue weighted by Gasteiger charge is 2.22. The number of halogens is 5. The summed E-state index contributed by atoms with van der Waals surface area (Å²) in [6.07, 6.45) is 0. The summed E-state index contributed by atoms with van der Waals surface area (Å²) in [5.41, 5.74) is 0.901. The summed E-state index contributed by atoms with van der Waals surface area (Å²) in [5, 5.41) is 0. The predicted octanol–water partition coefficient (Wildman–Crippen LogP) is 6.34. The van der Waals surface area contributed by atoms with Gasteiger partial charge in [0, 0.05) is 14.9 Å². The zero-order valence-electron chi connectivity index (χ0n) is 9.11. The first kappa shape index (κ1) is 14.6. The second-order valence-electron chi connectivity index (χ2n) is 3.71. The largest absolute Gasteiger partial charge is 0.206 e. The van der Waals surface area contributed by atoms with Crippen LogP contribution >= 0.6 is 59.1 Å². The van der Waals surface area contributed by atoms with Crippen LogP contribution < -0.4 is 0 Å². The van der Waals surface area contributed by atoms with Gasteiger partial charge in [-0.15, -0.1) is 11.3 Å².